The molecule has 0 atom stereocenters. The molecule has 1 fully saturated rings. The van der Waals surface area contributed by atoms with Crippen molar-refractivity contribution in [2.45, 2.75) is 71.9 Å². The lowest BCUT2D eigenvalue weighted by Gasteiger charge is -2.33. The minimum atomic E-state index is -0.0587. The lowest BCUT2D eigenvalue weighted by atomic mass is 9.96. The Hall–Kier alpha value is -3.48. The smallest absolute Gasteiger partial charge is 0.253 e. The molecule has 1 aliphatic carbocycles. The molecule has 4 rings (SSSR count). The van der Waals surface area contributed by atoms with Crippen LogP contribution in [0.5, 0.6) is 0 Å². The van der Waals surface area contributed by atoms with Gasteiger partial charge in [-0.1, -0.05) is 25.8 Å². The molecule has 0 bridgehead atoms. The highest BCUT2D eigenvalue weighted by Gasteiger charge is 2.22. The van der Waals surface area contributed by atoms with Crippen molar-refractivity contribution >= 4 is 17.4 Å². The fraction of sp³-hybridized carbons (Fsp3) is 0.448. The Balaban J connectivity index is 1.54. The Morgan fingerprint density at radius 3 is 2.69 bits per heavy atom. The number of allylic oxidation sites excluding steroid dienone is 3. The SMILES string of the molecule is C=C(/C(C)=C(/C)c1nc(C)cc(=O)n1C)N1CCc2ncc(/C(C=NC3CCCCC3)=C/N)cc2C1. The quantitative estimate of drug-likeness (QED) is 0.478. The van der Waals surface area contributed by atoms with Crippen LogP contribution in [0, 0.1) is 6.92 Å². The van der Waals surface area contributed by atoms with Gasteiger partial charge in [-0.05, 0) is 56.4 Å². The fourth-order valence-corrected chi connectivity index (χ4v) is 5.06. The van der Waals surface area contributed by atoms with Gasteiger partial charge in [0.25, 0.3) is 5.56 Å². The van der Waals surface area contributed by atoms with E-state index < -0.39 is 0 Å². The van der Waals surface area contributed by atoms with E-state index >= 15 is 0 Å². The maximum atomic E-state index is 12.3. The minimum Gasteiger partial charge on any atom is -0.404 e. The number of aromatic nitrogens is 3. The molecular weight excluding hydrogens is 448 g/mol. The minimum absolute atomic E-state index is 0.0587. The van der Waals surface area contributed by atoms with Gasteiger partial charge in [0.1, 0.15) is 5.82 Å². The van der Waals surface area contributed by atoms with Crippen LogP contribution in [0.3, 0.4) is 0 Å². The van der Waals surface area contributed by atoms with Crippen LogP contribution >= 0.6 is 0 Å². The van der Waals surface area contributed by atoms with E-state index in [0.29, 0.717) is 17.6 Å². The number of nitrogens with two attached hydrogens (primary N) is 1. The van der Waals surface area contributed by atoms with Crippen LogP contribution in [0.15, 0.2) is 52.2 Å². The normalized spacial score (nSPS) is 17.8. The molecule has 0 amide bonds. The van der Waals surface area contributed by atoms with Crippen molar-refractivity contribution in [2.24, 2.45) is 17.8 Å². The number of fused-ring (bicyclic) bond motifs is 1. The van der Waals surface area contributed by atoms with E-state index in [0.717, 1.165) is 66.0 Å². The second-order valence-corrected chi connectivity index (χ2v) is 10.0. The number of aliphatic imine (C=N–C) groups is 1. The highest BCUT2D eigenvalue weighted by atomic mass is 16.1. The first-order valence-corrected chi connectivity index (χ1v) is 12.9. The highest BCUT2D eigenvalue weighted by Crippen LogP contribution is 2.29. The number of nitrogens with zero attached hydrogens (tertiary/aromatic N) is 5. The first-order chi connectivity index (χ1) is 17.3. The summed E-state index contributed by atoms with van der Waals surface area (Å²) in [5.41, 5.74) is 13.8. The summed E-state index contributed by atoms with van der Waals surface area (Å²) in [5.74, 6) is 0.676. The van der Waals surface area contributed by atoms with E-state index in [2.05, 4.69) is 22.5 Å². The summed E-state index contributed by atoms with van der Waals surface area (Å²) < 4.78 is 1.59. The molecule has 1 saturated carbocycles. The first kappa shape index (κ1) is 25.6. The largest absolute Gasteiger partial charge is 0.404 e. The molecule has 0 unspecified atom stereocenters. The number of hydrogen-bond donors (Lipinski definition) is 1. The molecule has 2 aliphatic rings. The van der Waals surface area contributed by atoms with Crippen LogP contribution in [-0.4, -0.2) is 38.2 Å². The van der Waals surface area contributed by atoms with Crippen molar-refractivity contribution in [3.8, 4) is 0 Å². The van der Waals surface area contributed by atoms with Gasteiger partial charge in [-0.15, -0.1) is 0 Å². The lowest BCUT2D eigenvalue weighted by Crippen LogP contribution is -2.31. The monoisotopic (exact) mass is 486 g/mol. The number of pyridine rings is 1. The van der Waals surface area contributed by atoms with Gasteiger partial charge in [0.15, 0.2) is 0 Å². The van der Waals surface area contributed by atoms with Crippen LogP contribution in [-0.2, 0) is 20.0 Å². The van der Waals surface area contributed by atoms with Crippen molar-refractivity contribution < 1.29 is 0 Å². The Morgan fingerprint density at radius 1 is 1.22 bits per heavy atom. The summed E-state index contributed by atoms with van der Waals surface area (Å²) in [5, 5.41) is 0. The Morgan fingerprint density at radius 2 is 1.97 bits per heavy atom. The zero-order valence-electron chi connectivity index (χ0n) is 22.0. The molecule has 0 spiro atoms. The van der Waals surface area contributed by atoms with Crippen molar-refractivity contribution in [1.29, 1.82) is 0 Å². The van der Waals surface area contributed by atoms with Gasteiger partial charge in [0, 0.05) is 85.5 Å². The Kier molecular flexibility index (Phi) is 7.87. The summed E-state index contributed by atoms with van der Waals surface area (Å²) in [6, 6.07) is 4.14. The summed E-state index contributed by atoms with van der Waals surface area (Å²) in [6.07, 6.45) is 12.5. The van der Waals surface area contributed by atoms with Crippen LogP contribution in [0.25, 0.3) is 11.1 Å². The van der Waals surface area contributed by atoms with Gasteiger partial charge >= 0.3 is 0 Å². The molecule has 2 aromatic rings. The van der Waals surface area contributed by atoms with Gasteiger partial charge in [-0.3, -0.25) is 19.3 Å². The fourth-order valence-electron chi connectivity index (χ4n) is 5.06. The first-order valence-electron chi connectivity index (χ1n) is 12.9. The van der Waals surface area contributed by atoms with Gasteiger partial charge in [-0.25, -0.2) is 4.98 Å². The van der Waals surface area contributed by atoms with Crippen LogP contribution in [0.1, 0.15) is 74.3 Å². The summed E-state index contributed by atoms with van der Waals surface area (Å²) in [6.45, 7) is 11.9. The van der Waals surface area contributed by atoms with E-state index in [1.807, 2.05) is 33.2 Å². The zero-order valence-corrected chi connectivity index (χ0v) is 22.0. The topological polar surface area (TPSA) is 89.4 Å². The van der Waals surface area contributed by atoms with Gasteiger partial charge < -0.3 is 10.6 Å². The van der Waals surface area contributed by atoms with Gasteiger partial charge in [0.05, 0.1) is 0 Å². The zero-order chi connectivity index (χ0) is 25.8. The molecule has 0 radical (unpaired) electrons. The van der Waals surface area contributed by atoms with E-state index in [1.165, 1.54) is 24.8 Å². The van der Waals surface area contributed by atoms with Crippen molar-refractivity contribution in [2.75, 3.05) is 6.54 Å². The molecule has 36 heavy (non-hydrogen) atoms. The van der Waals surface area contributed by atoms with Gasteiger partial charge in [0.2, 0.25) is 0 Å². The maximum Gasteiger partial charge on any atom is 0.253 e. The average molecular weight is 487 g/mol. The summed E-state index contributed by atoms with van der Waals surface area (Å²) >= 11 is 0. The maximum absolute atomic E-state index is 12.3. The predicted octanol–water partition coefficient (Wildman–Crippen LogP) is 4.55. The van der Waals surface area contributed by atoms with E-state index in [-0.39, 0.29) is 5.56 Å². The Labute approximate surface area is 214 Å². The third-order valence-corrected chi connectivity index (χ3v) is 7.53. The second kappa shape index (κ2) is 11.1. The van der Waals surface area contributed by atoms with Crippen LogP contribution in [0.4, 0.5) is 0 Å². The number of aryl methyl sites for hydroxylation is 1. The lowest BCUT2D eigenvalue weighted by molar-refractivity contribution is 0.326. The highest BCUT2D eigenvalue weighted by molar-refractivity contribution is 6.09. The van der Waals surface area contributed by atoms with Crippen molar-refractivity contribution in [3.05, 3.63) is 81.1 Å². The third kappa shape index (κ3) is 5.50. The van der Waals surface area contributed by atoms with Crippen molar-refractivity contribution in [1.82, 2.24) is 19.4 Å². The number of rotatable bonds is 6. The molecule has 7 nitrogen and oxygen atoms in total. The Bertz CT molecular complexity index is 1290. The standard InChI is InChI=1S/C29H38N6O/c1-19-13-28(36)34(5)29(33-19)21(3)20(2)22(4)35-12-11-27-24(18-35)14-23(16-32-27)25(15-30)17-31-26-9-7-6-8-10-26/h13-17,26H,4,6-12,18,30H2,1-3,5H3/b21-20-,25-15+,31-17?. The van der Waals surface area contributed by atoms with Crippen molar-refractivity contribution in [3.63, 3.8) is 0 Å². The third-order valence-electron chi connectivity index (χ3n) is 7.53. The van der Waals surface area contributed by atoms with Gasteiger partial charge in [-0.2, -0.15) is 0 Å². The summed E-state index contributed by atoms with van der Waals surface area (Å²) in [7, 11) is 1.76. The number of hydrogen-bond acceptors (Lipinski definition) is 6. The molecule has 0 aromatic carbocycles. The molecule has 1 aliphatic heterocycles. The van der Waals surface area contributed by atoms with Crippen LogP contribution < -0.4 is 11.3 Å². The molecular formula is C29H38N6O. The molecule has 7 heteroatoms. The van der Waals surface area contributed by atoms with E-state index in [9.17, 15) is 4.79 Å². The molecule has 2 N–H and O–H groups in total. The molecule has 190 valence electrons. The molecule has 2 aromatic heterocycles. The van der Waals surface area contributed by atoms with E-state index in [1.54, 1.807) is 23.9 Å². The molecule has 0 saturated heterocycles. The molecule has 3 heterocycles. The predicted molar refractivity (Wildman–Crippen MR) is 148 cm³/mol. The van der Waals surface area contributed by atoms with Crippen LogP contribution in [0.2, 0.25) is 0 Å². The second-order valence-electron chi connectivity index (χ2n) is 10.0. The average Bonchev–Trinajstić information content (AvgIpc) is 2.90. The summed E-state index contributed by atoms with van der Waals surface area (Å²) in [4.78, 5) is 28.8. The van der Waals surface area contributed by atoms with E-state index in [4.69, 9.17) is 15.7 Å².